The molecular weight excluding hydrogens is 214 g/mol. The number of methoxy groups -OCH3 is 1. The van der Waals surface area contributed by atoms with E-state index in [1.54, 1.807) is 13.3 Å². The van der Waals surface area contributed by atoms with Crippen LogP contribution in [0.4, 0.5) is 0 Å². The standard InChI is InChI=1S/C13H17N3O/c1-17-9-7-13(16-14)11-4-2-6-12-10(11)5-3-8-15-12/h2-6,8,13,16H,7,9,14H2,1H3. The highest BCUT2D eigenvalue weighted by Gasteiger charge is 2.12. The van der Waals surface area contributed by atoms with Gasteiger partial charge in [-0.25, -0.2) is 0 Å². The number of fused-ring (bicyclic) bond motifs is 1. The molecule has 0 aliphatic heterocycles. The molecule has 3 N–H and O–H groups in total. The van der Waals surface area contributed by atoms with E-state index in [0.717, 1.165) is 22.9 Å². The molecule has 0 bridgehead atoms. The first-order chi connectivity index (χ1) is 8.36. The van der Waals surface area contributed by atoms with Crippen LogP contribution in [0.3, 0.4) is 0 Å². The molecule has 1 atom stereocenters. The molecule has 4 nitrogen and oxygen atoms in total. The number of benzene rings is 1. The second kappa shape index (κ2) is 5.72. The molecular formula is C13H17N3O. The van der Waals surface area contributed by atoms with Crippen LogP contribution in [0.15, 0.2) is 36.5 Å². The average molecular weight is 231 g/mol. The van der Waals surface area contributed by atoms with Crippen LogP contribution in [0.2, 0.25) is 0 Å². The first kappa shape index (κ1) is 12.0. The van der Waals surface area contributed by atoms with Gasteiger partial charge in [0.25, 0.3) is 0 Å². The summed E-state index contributed by atoms with van der Waals surface area (Å²) >= 11 is 0. The van der Waals surface area contributed by atoms with Crippen molar-refractivity contribution in [3.63, 3.8) is 0 Å². The molecule has 0 amide bonds. The van der Waals surface area contributed by atoms with Crippen molar-refractivity contribution >= 4 is 10.9 Å². The monoisotopic (exact) mass is 231 g/mol. The van der Waals surface area contributed by atoms with E-state index in [4.69, 9.17) is 10.6 Å². The van der Waals surface area contributed by atoms with E-state index in [1.807, 2.05) is 18.2 Å². The van der Waals surface area contributed by atoms with Gasteiger partial charge in [-0.2, -0.15) is 0 Å². The zero-order valence-electron chi connectivity index (χ0n) is 9.89. The van der Waals surface area contributed by atoms with Crippen molar-refractivity contribution in [3.05, 3.63) is 42.1 Å². The summed E-state index contributed by atoms with van der Waals surface area (Å²) in [5, 5.41) is 1.13. The van der Waals surface area contributed by atoms with Crippen molar-refractivity contribution in [1.29, 1.82) is 0 Å². The van der Waals surface area contributed by atoms with Crippen molar-refractivity contribution in [2.75, 3.05) is 13.7 Å². The Hall–Kier alpha value is -1.49. The summed E-state index contributed by atoms with van der Waals surface area (Å²) < 4.78 is 5.10. The quantitative estimate of drug-likeness (QED) is 0.608. The lowest BCUT2D eigenvalue weighted by atomic mass is 9.99. The van der Waals surface area contributed by atoms with Gasteiger partial charge in [0.05, 0.1) is 5.52 Å². The van der Waals surface area contributed by atoms with Crippen LogP contribution in [0.5, 0.6) is 0 Å². The number of hydrazine groups is 1. The van der Waals surface area contributed by atoms with Gasteiger partial charge in [-0.3, -0.25) is 16.3 Å². The van der Waals surface area contributed by atoms with Crippen LogP contribution in [0.25, 0.3) is 10.9 Å². The fourth-order valence-electron chi connectivity index (χ4n) is 2.00. The van der Waals surface area contributed by atoms with Gasteiger partial charge in [0.2, 0.25) is 0 Å². The number of nitrogens with two attached hydrogens (primary N) is 1. The lowest BCUT2D eigenvalue weighted by molar-refractivity contribution is 0.183. The highest BCUT2D eigenvalue weighted by molar-refractivity contribution is 5.82. The minimum atomic E-state index is 0.0860. The third-order valence-corrected chi connectivity index (χ3v) is 2.87. The van der Waals surface area contributed by atoms with Gasteiger partial charge in [-0.15, -0.1) is 0 Å². The van der Waals surface area contributed by atoms with E-state index >= 15 is 0 Å². The van der Waals surface area contributed by atoms with Gasteiger partial charge in [-0.05, 0) is 24.1 Å². The maximum absolute atomic E-state index is 5.61. The van der Waals surface area contributed by atoms with Gasteiger partial charge in [-0.1, -0.05) is 18.2 Å². The highest BCUT2D eigenvalue weighted by Crippen LogP contribution is 2.24. The highest BCUT2D eigenvalue weighted by atomic mass is 16.5. The fourth-order valence-corrected chi connectivity index (χ4v) is 2.00. The molecule has 0 aliphatic rings. The second-order valence-corrected chi connectivity index (χ2v) is 3.92. The van der Waals surface area contributed by atoms with Crippen LogP contribution in [0.1, 0.15) is 18.0 Å². The Labute approximate surface area is 101 Å². The van der Waals surface area contributed by atoms with Crippen LogP contribution in [-0.2, 0) is 4.74 Å². The predicted molar refractivity (Wildman–Crippen MR) is 68.3 cm³/mol. The molecule has 1 heterocycles. The van der Waals surface area contributed by atoms with Gasteiger partial charge in [0, 0.05) is 31.3 Å². The normalized spacial score (nSPS) is 12.8. The third-order valence-electron chi connectivity index (χ3n) is 2.87. The molecule has 2 rings (SSSR count). The van der Waals surface area contributed by atoms with Crippen LogP contribution in [0, 0.1) is 0 Å². The molecule has 2 aromatic rings. The predicted octanol–water partition coefficient (Wildman–Crippen LogP) is 1.78. The second-order valence-electron chi connectivity index (χ2n) is 3.92. The smallest absolute Gasteiger partial charge is 0.0705 e. The van der Waals surface area contributed by atoms with E-state index < -0.39 is 0 Å². The van der Waals surface area contributed by atoms with Crippen molar-refractivity contribution in [2.45, 2.75) is 12.5 Å². The lowest BCUT2D eigenvalue weighted by Crippen LogP contribution is -2.29. The van der Waals surface area contributed by atoms with Gasteiger partial charge in [0.15, 0.2) is 0 Å². The Balaban J connectivity index is 2.38. The molecule has 90 valence electrons. The average Bonchev–Trinajstić information content (AvgIpc) is 2.40. The molecule has 17 heavy (non-hydrogen) atoms. The number of pyridine rings is 1. The summed E-state index contributed by atoms with van der Waals surface area (Å²) in [5.41, 5.74) is 4.99. The van der Waals surface area contributed by atoms with Gasteiger partial charge >= 0.3 is 0 Å². The minimum Gasteiger partial charge on any atom is -0.385 e. The summed E-state index contributed by atoms with van der Waals surface area (Å²) in [6, 6.07) is 10.2. The molecule has 0 aliphatic carbocycles. The first-order valence-electron chi connectivity index (χ1n) is 5.65. The Morgan fingerprint density at radius 3 is 3.00 bits per heavy atom. The topological polar surface area (TPSA) is 60.2 Å². The van der Waals surface area contributed by atoms with Crippen molar-refractivity contribution in [2.24, 2.45) is 5.84 Å². The van der Waals surface area contributed by atoms with E-state index in [0.29, 0.717) is 6.61 Å². The lowest BCUT2D eigenvalue weighted by Gasteiger charge is -2.17. The Morgan fingerprint density at radius 1 is 1.35 bits per heavy atom. The van der Waals surface area contributed by atoms with Crippen LogP contribution < -0.4 is 11.3 Å². The number of nitrogens with one attached hydrogen (secondary N) is 1. The third kappa shape index (κ3) is 2.61. The molecule has 0 saturated carbocycles. The van der Waals surface area contributed by atoms with E-state index in [9.17, 15) is 0 Å². The molecule has 0 saturated heterocycles. The summed E-state index contributed by atoms with van der Waals surface area (Å²) in [7, 11) is 1.69. The molecule has 1 unspecified atom stereocenters. The van der Waals surface area contributed by atoms with Crippen LogP contribution in [-0.4, -0.2) is 18.7 Å². The molecule has 0 radical (unpaired) electrons. The maximum atomic E-state index is 5.61. The Kier molecular flexibility index (Phi) is 4.03. The van der Waals surface area contributed by atoms with E-state index in [-0.39, 0.29) is 6.04 Å². The minimum absolute atomic E-state index is 0.0860. The van der Waals surface area contributed by atoms with Gasteiger partial charge < -0.3 is 4.74 Å². The largest absolute Gasteiger partial charge is 0.385 e. The molecule has 4 heteroatoms. The number of hydrogen-bond acceptors (Lipinski definition) is 4. The Bertz CT molecular complexity index is 482. The number of nitrogens with zero attached hydrogens (tertiary/aromatic N) is 1. The van der Waals surface area contributed by atoms with E-state index in [2.05, 4.69) is 22.5 Å². The number of hydrogen-bond donors (Lipinski definition) is 2. The summed E-state index contributed by atoms with van der Waals surface area (Å²) in [4.78, 5) is 4.34. The number of aromatic nitrogens is 1. The molecule has 1 aromatic carbocycles. The number of ether oxygens (including phenoxy) is 1. The summed E-state index contributed by atoms with van der Waals surface area (Å²) in [6.45, 7) is 0.672. The van der Waals surface area contributed by atoms with Crippen LogP contribution >= 0.6 is 0 Å². The zero-order chi connectivity index (χ0) is 12.1. The first-order valence-corrected chi connectivity index (χ1v) is 5.65. The van der Waals surface area contributed by atoms with E-state index in [1.165, 1.54) is 0 Å². The Morgan fingerprint density at radius 2 is 2.24 bits per heavy atom. The maximum Gasteiger partial charge on any atom is 0.0705 e. The molecule has 0 fully saturated rings. The summed E-state index contributed by atoms with van der Waals surface area (Å²) in [5.74, 6) is 5.61. The number of rotatable bonds is 5. The zero-order valence-corrected chi connectivity index (χ0v) is 9.89. The SMILES string of the molecule is COCCC(NN)c1cccc2ncccc12. The molecule has 1 aromatic heterocycles. The summed E-state index contributed by atoms with van der Waals surface area (Å²) in [6.07, 6.45) is 2.63. The van der Waals surface area contributed by atoms with Gasteiger partial charge in [0.1, 0.15) is 0 Å². The van der Waals surface area contributed by atoms with Crippen molar-refractivity contribution in [1.82, 2.24) is 10.4 Å². The fraction of sp³-hybridized carbons (Fsp3) is 0.308. The van der Waals surface area contributed by atoms with Crippen molar-refractivity contribution in [3.8, 4) is 0 Å². The molecule has 0 spiro atoms. The van der Waals surface area contributed by atoms with Crippen molar-refractivity contribution < 1.29 is 4.74 Å².